The molecule has 0 spiro atoms. The molecule has 27 heavy (non-hydrogen) atoms. The SMILES string of the molecule is COc1cc(COC(=O)c2cc3ccccc3oc2=O)ccc1OC(F)F. The summed E-state index contributed by atoms with van der Waals surface area (Å²) in [5, 5.41) is 0.583. The molecule has 3 rings (SSSR count). The van der Waals surface area contributed by atoms with Gasteiger partial charge in [0.1, 0.15) is 17.8 Å². The van der Waals surface area contributed by atoms with E-state index in [1.807, 2.05) is 0 Å². The third-order valence-corrected chi connectivity index (χ3v) is 3.68. The van der Waals surface area contributed by atoms with Gasteiger partial charge in [-0.1, -0.05) is 24.3 Å². The molecule has 0 aliphatic carbocycles. The zero-order chi connectivity index (χ0) is 19.4. The van der Waals surface area contributed by atoms with Crippen LogP contribution < -0.4 is 15.1 Å². The maximum absolute atomic E-state index is 12.3. The van der Waals surface area contributed by atoms with Crippen molar-refractivity contribution in [2.45, 2.75) is 13.2 Å². The van der Waals surface area contributed by atoms with Gasteiger partial charge in [0.25, 0.3) is 0 Å². The van der Waals surface area contributed by atoms with Crippen LogP contribution >= 0.6 is 0 Å². The molecule has 1 aromatic heterocycles. The van der Waals surface area contributed by atoms with Gasteiger partial charge >= 0.3 is 18.2 Å². The molecule has 0 fully saturated rings. The third kappa shape index (κ3) is 4.22. The Hall–Kier alpha value is -3.42. The number of hydrogen-bond acceptors (Lipinski definition) is 6. The van der Waals surface area contributed by atoms with Crippen molar-refractivity contribution in [1.82, 2.24) is 0 Å². The van der Waals surface area contributed by atoms with Gasteiger partial charge in [-0.15, -0.1) is 0 Å². The van der Waals surface area contributed by atoms with Crippen LogP contribution in [0, 0.1) is 0 Å². The van der Waals surface area contributed by atoms with E-state index in [9.17, 15) is 18.4 Å². The van der Waals surface area contributed by atoms with Crippen LogP contribution in [0.5, 0.6) is 11.5 Å². The molecule has 0 N–H and O–H groups in total. The van der Waals surface area contributed by atoms with Gasteiger partial charge in [0.2, 0.25) is 0 Å². The summed E-state index contributed by atoms with van der Waals surface area (Å²) in [7, 11) is 1.30. The van der Waals surface area contributed by atoms with Gasteiger partial charge in [0, 0.05) is 5.39 Å². The number of para-hydroxylation sites is 1. The van der Waals surface area contributed by atoms with Crippen molar-refractivity contribution in [3.05, 3.63) is 70.1 Å². The second-order valence-corrected chi connectivity index (χ2v) is 5.43. The topological polar surface area (TPSA) is 75.0 Å². The number of rotatable bonds is 6. The van der Waals surface area contributed by atoms with Gasteiger partial charge in [-0.25, -0.2) is 9.59 Å². The molecule has 1 heterocycles. The lowest BCUT2D eigenvalue weighted by atomic mass is 10.2. The standard InChI is InChI=1S/C19H14F2O6/c1-24-16-8-11(6-7-15(16)27-19(20)21)10-25-17(22)13-9-12-4-2-3-5-14(12)26-18(13)23/h2-9,19H,10H2,1H3. The Morgan fingerprint density at radius 1 is 1.11 bits per heavy atom. The molecule has 0 bridgehead atoms. The maximum atomic E-state index is 12.3. The molecule has 0 atom stereocenters. The number of fused-ring (bicyclic) bond motifs is 1. The van der Waals surface area contributed by atoms with Crippen LogP contribution in [0.3, 0.4) is 0 Å². The lowest BCUT2D eigenvalue weighted by molar-refractivity contribution is -0.0512. The summed E-state index contributed by atoms with van der Waals surface area (Å²) < 4.78 is 44.2. The maximum Gasteiger partial charge on any atom is 0.387 e. The van der Waals surface area contributed by atoms with Crippen molar-refractivity contribution in [1.29, 1.82) is 0 Å². The summed E-state index contributed by atoms with van der Waals surface area (Å²) in [6, 6.07) is 12.3. The van der Waals surface area contributed by atoms with Crippen LogP contribution in [0.1, 0.15) is 15.9 Å². The number of ether oxygens (including phenoxy) is 3. The van der Waals surface area contributed by atoms with E-state index in [4.69, 9.17) is 13.9 Å². The molecule has 0 unspecified atom stereocenters. The van der Waals surface area contributed by atoms with Crippen molar-refractivity contribution in [3.8, 4) is 11.5 Å². The van der Waals surface area contributed by atoms with Crippen LogP contribution in [0.4, 0.5) is 8.78 Å². The monoisotopic (exact) mass is 376 g/mol. The fourth-order valence-electron chi connectivity index (χ4n) is 2.43. The molecular formula is C19H14F2O6. The zero-order valence-electron chi connectivity index (χ0n) is 14.1. The molecular weight excluding hydrogens is 362 g/mol. The highest BCUT2D eigenvalue weighted by Crippen LogP contribution is 2.29. The minimum atomic E-state index is -2.99. The average molecular weight is 376 g/mol. The summed E-state index contributed by atoms with van der Waals surface area (Å²) in [4.78, 5) is 24.2. The van der Waals surface area contributed by atoms with Crippen LogP contribution in [-0.2, 0) is 11.3 Å². The quantitative estimate of drug-likeness (QED) is 0.482. The van der Waals surface area contributed by atoms with E-state index < -0.39 is 18.2 Å². The van der Waals surface area contributed by atoms with E-state index in [2.05, 4.69) is 4.74 Å². The third-order valence-electron chi connectivity index (χ3n) is 3.68. The average Bonchev–Trinajstić information content (AvgIpc) is 2.66. The second kappa shape index (κ2) is 7.86. The first kappa shape index (κ1) is 18.4. The van der Waals surface area contributed by atoms with Crippen LogP contribution in [-0.4, -0.2) is 19.7 Å². The molecule has 0 amide bonds. The van der Waals surface area contributed by atoms with E-state index in [-0.39, 0.29) is 23.7 Å². The Bertz CT molecular complexity index is 1030. The van der Waals surface area contributed by atoms with Crippen molar-refractivity contribution in [2.75, 3.05) is 7.11 Å². The molecule has 6 nitrogen and oxygen atoms in total. The van der Waals surface area contributed by atoms with Crippen LogP contribution in [0.2, 0.25) is 0 Å². The summed E-state index contributed by atoms with van der Waals surface area (Å²) in [5.41, 5.74) is -0.222. The van der Waals surface area contributed by atoms with Gasteiger partial charge in [0.15, 0.2) is 11.5 Å². The first-order chi connectivity index (χ1) is 13.0. The number of hydrogen-bond donors (Lipinski definition) is 0. The molecule has 0 aliphatic heterocycles. The highest BCUT2D eigenvalue weighted by atomic mass is 19.3. The minimum absolute atomic E-state index is 0.0640. The number of carbonyl (C=O) groups is 1. The predicted octanol–water partition coefficient (Wildman–Crippen LogP) is 3.76. The van der Waals surface area contributed by atoms with Crippen molar-refractivity contribution >= 4 is 16.9 Å². The number of carbonyl (C=O) groups excluding carboxylic acids is 1. The Labute approximate surface area is 151 Å². The molecule has 3 aromatic rings. The van der Waals surface area contributed by atoms with Gasteiger partial charge < -0.3 is 18.6 Å². The predicted molar refractivity (Wildman–Crippen MR) is 91.2 cm³/mol. The lowest BCUT2D eigenvalue weighted by Gasteiger charge is -2.11. The number of halogens is 2. The molecule has 140 valence electrons. The zero-order valence-corrected chi connectivity index (χ0v) is 14.1. The molecule has 0 aliphatic rings. The van der Waals surface area contributed by atoms with E-state index in [0.29, 0.717) is 16.5 Å². The highest BCUT2D eigenvalue weighted by Gasteiger charge is 2.16. The van der Waals surface area contributed by atoms with E-state index in [1.54, 1.807) is 24.3 Å². The number of methoxy groups -OCH3 is 1. The number of alkyl halides is 2. The lowest BCUT2D eigenvalue weighted by Crippen LogP contribution is -2.16. The Kier molecular flexibility index (Phi) is 5.35. The fourth-order valence-corrected chi connectivity index (χ4v) is 2.43. The van der Waals surface area contributed by atoms with Crippen LogP contribution in [0.25, 0.3) is 11.0 Å². The normalized spacial score (nSPS) is 10.8. The highest BCUT2D eigenvalue weighted by molar-refractivity contribution is 5.92. The molecule has 0 saturated carbocycles. The van der Waals surface area contributed by atoms with Crippen molar-refractivity contribution in [3.63, 3.8) is 0 Å². The van der Waals surface area contributed by atoms with Crippen molar-refractivity contribution in [2.24, 2.45) is 0 Å². The van der Waals surface area contributed by atoms with Crippen molar-refractivity contribution < 1.29 is 32.2 Å². The summed E-state index contributed by atoms with van der Waals surface area (Å²) in [6.45, 7) is -3.19. The molecule has 8 heteroatoms. The Balaban J connectivity index is 1.76. The number of esters is 1. The second-order valence-electron chi connectivity index (χ2n) is 5.43. The minimum Gasteiger partial charge on any atom is -0.493 e. The van der Waals surface area contributed by atoms with E-state index in [1.165, 1.54) is 31.4 Å². The van der Waals surface area contributed by atoms with Gasteiger partial charge in [-0.3, -0.25) is 0 Å². The summed E-state index contributed by atoms with van der Waals surface area (Å²) in [5.74, 6) is -0.937. The molecule has 0 radical (unpaired) electrons. The molecule has 0 saturated heterocycles. The summed E-state index contributed by atoms with van der Waals surface area (Å²) in [6.07, 6.45) is 0. The van der Waals surface area contributed by atoms with Gasteiger partial charge in [-0.05, 0) is 29.8 Å². The fraction of sp³-hybridized carbons (Fsp3) is 0.158. The Morgan fingerprint density at radius 2 is 1.89 bits per heavy atom. The molecule has 2 aromatic carbocycles. The van der Waals surface area contributed by atoms with Gasteiger partial charge in [-0.2, -0.15) is 8.78 Å². The van der Waals surface area contributed by atoms with E-state index >= 15 is 0 Å². The largest absolute Gasteiger partial charge is 0.493 e. The number of benzene rings is 2. The van der Waals surface area contributed by atoms with Crippen LogP contribution in [0.15, 0.2) is 57.7 Å². The first-order valence-corrected chi connectivity index (χ1v) is 7.79. The first-order valence-electron chi connectivity index (χ1n) is 7.79. The smallest absolute Gasteiger partial charge is 0.387 e. The Morgan fingerprint density at radius 3 is 2.63 bits per heavy atom. The van der Waals surface area contributed by atoms with E-state index in [0.717, 1.165) is 0 Å². The summed E-state index contributed by atoms with van der Waals surface area (Å²) >= 11 is 0. The van der Waals surface area contributed by atoms with Gasteiger partial charge in [0.05, 0.1) is 7.11 Å².